The molecule has 0 aliphatic rings. The summed E-state index contributed by atoms with van der Waals surface area (Å²) < 4.78 is 12.9. The Balaban J connectivity index is 1.89. The smallest absolute Gasteiger partial charge is 0.123 e. The number of rotatable bonds is 5. The van der Waals surface area contributed by atoms with Crippen LogP contribution in [0.5, 0.6) is 0 Å². The van der Waals surface area contributed by atoms with Gasteiger partial charge in [0.25, 0.3) is 0 Å². The van der Waals surface area contributed by atoms with Crippen LogP contribution in [0.1, 0.15) is 22.4 Å². The highest BCUT2D eigenvalue weighted by Crippen LogP contribution is 2.17. The molecule has 0 spiro atoms. The lowest BCUT2D eigenvalue weighted by atomic mass is 10.2. The van der Waals surface area contributed by atoms with Crippen molar-refractivity contribution in [2.75, 3.05) is 13.7 Å². The number of thiophene rings is 1. The highest BCUT2D eigenvalue weighted by molar-refractivity contribution is 7.10. The molecule has 4 heteroatoms. The Morgan fingerprint density at radius 1 is 1.24 bits per heavy atom. The molecule has 2 aromatic rings. The van der Waals surface area contributed by atoms with Gasteiger partial charge in [-0.2, -0.15) is 0 Å². The average Bonchev–Trinajstić information content (AvgIpc) is 2.89. The van der Waals surface area contributed by atoms with E-state index in [9.17, 15) is 4.39 Å². The minimum absolute atomic E-state index is 0.102. The van der Waals surface area contributed by atoms with Gasteiger partial charge >= 0.3 is 0 Å². The molecular weight excluding hydrogens is 285 g/mol. The van der Waals surface area contributed by atoms with Gasteiger partial charge in [0.05, 0.1) is 6.61 Å². The first-order valence-corrected chi connectivity index (χ1v) is 7.65. The molecule has 0 aliphatic carbocycles. The SMILES string of the molecule is CN(Cc1ccc(F)cc1)Cc1cc(C#CCCO)cs1. The topological polar surface area (TPSA) is 23.5 Å². The molecule has 0 atom stereocenters. The molecule has 0 saturated heterocycles. The Hall–Kier alpha value is -1.67. The molecule has 1 aromatic carbocycles. The lowest BCUT2D eigenvalue weighted by molar-refractivity contribution is 0.305. The number of aliphatic hydroxyl groups is 1. The minimum atomic E-state index is -0.203. The fraction of sp³-hybridized carbons (Fsp3) is 0.294. The molecule has 0 fully saturated rings. The highest BCUT2D eigenvalue weighted by Gasteiger charge is 2.04. The fourth-order valence-electron chi connectivity index (χ4n) is 1.97. The van der Waals surface area contributed by atoms with E-state index < -0.39 is 0 Å². The summed E-state index contributed by atoms with van der Waals surface area (Å²) in [5.41, 5.74) is 2.09. The maximum absolute atomic E-state index is 12.9. The van der Waals surface area contributed by atoms with Crippen LogP contribution in [0.4, 0.5) is 4.39 Å². The van der Waals surface area contributed by atoms with Gasteiger partial charge in [-0.25, -0.2) is 4.39 Å². The first-order valence-electron chi connectivity index (χ1n) is 6.77. The zero-order valence-electron chi connectivity index (χ0n) is 12.0. The Morgan fingerprint density at radius 3 is 2.71 bits per heavy atom. The van der Waals surface area contributed by atoms with Gasteiger partial charge in [-0.05, 0) is 30.8 Å². The molecule has 1 heterocycles. The third kappa shape index (κ3) is 5.31. The van der Waals surface area contributed by atoms with Crippen molar-refractivity contribution in [3.63, 3.8) is 0 Å². The van der Waals surface area contributed by atoms with Crippen LogP contribution in [0.25, 0.3) is 0 Å². The van der Waals surface area contributed by atoms with Crippen molar-refractivity contribution in [1.29, 1.82) is 0 Å². The van der Waals surface area contributed by atoms with Gasteiger partial charge in [0.1, 0.15) is 5.82 Å². The van der Waals surface area contributed by atoms with Crippen LogP contribution in [0.15, 0.2) is 35.7 Å². The largest absolute Gasteiger partial charge is 0.395 e. The maximum atomic E-state index is 12.9. The molecule has 2 nitrogen and oxygen atoms in total. The summed E-state index contributed by atoms with van der Waals surface area (Å²) in [6.45, 7) is 1.72. The monoisotopic (exact) mass is 303 g/mol. The molecule has 1 aromatic heterocycles. The summed E-state index contributed by atoms with van der Waals surface area (Å²) in [5, 5.41) is 10.7. The van der Waals surface area contributed by atoms with Crippen molar-refractivity contribution in [2.24, 2.45) is 0 Å². The van der Waals surface area contributed by atoms with Gasteiger partial charge in [0, 0.05) is 35.3 Å². The van der Waals surface area contributed by atoms with E-state index in [2.05, 4.69) is 22.8 Å². The first-order chi connectivity index (χ1) is 10.2. The molecule has 0 unspecified atom stereocenters. The molecule has 0 saturated carbocycles. The van der Waals surface area contributed by atoms with E-state index in [1.807, 2.05) is 24.6 Å². The second-order valence-electron chi connectivity index (χ2n) is 4.88. The van der Waals surface area contributed by atoms with E-state index in [-0.39, 0.29) is 12.4 Å². The minimum Gasteiger partial charge on any atom is -0.395 e. The second kappa shape index (κ2) is 7.94. The van der Waals surface area contributed by atoms with Gasteiger partial charge in [0.2, 0.25) is 0 Å². The molecule has 0 radical (unpaired) electrons. The third-order valence-corrected chi connectivity index (χ3v) is 3.84. The van der Waals surface area contributed by atoms with E-state index in [1.165, 1.54) is 17.0 Å². The van der Waals surface area contributed by atoms with Gasteiger partial charge in [-0.3, -0.25) is 4.90 Å². The van der Waals surface area contributed by atoms with E-state index in [4.69, 9.17) is 5.11 Å². The number of nitrogens with zero attached hydrogens (tertiary/aromatic N) is 1. The maximum Gasteiger partial charge on any atom is 0.123 e. The molecule has 1 N–H and O–H groups in total. The number of aliphatic hydroxyl groups excluding tert-OH is 1. The van der Waals surface area contributed by atoms with Crippen molar-refractivity contribution in [3.8, 4) is 11.8 Å². The van der Waals surface area contributed by atoms with Gasteiger partial charge in [-0.15, -0.1) is 11.3 Å². The number of hydrogen-bond donors (Lipinski definition) is 1. The number of halogens is 1. The summed E-state index contributed by atoms with van der Waals surface area (Å²) in [7, 11) is 2.04. The van der Waals surface area contributed by atoms with Crippen LogP contribution in [0.3, 0.4) is 0 Å². The predicted octanol–water partition coefficient (Wildman–Crippen LogP) is 3.25. The predicted molar refractivity (Wildman–Crippen MR) is 84.5 cm³/mol. The molecule has 110 valence electrons. The van der Waals surface area contributed by atoms with Gasteiger partial charge < -0.3 is 5.11 Å². The van der Waals surface area contributed by atoms with E-state index in [0.717, 1.165) is 24.2 Å². The van der Waals surface area contributed by atoms with Crippen LogP contribution in [-0.4, -0.2) is 23.7 Å². The quantitative estimate of drug-likeness (QED) is 0.857. The van der Waals surface area contributed by atoms with Crippen LogP contribution in [0.2, 0.25) is 0 Å². The Kier molecular flexibility index (Phi) is 5.94. The van der Waals surface area contributed by atoms with Gasteiger partial charge in [0.15, 0.2) is 0 Å². The Morgan fingerprint density at radius 2 is 2.00 bits per heavy atom. The fourth-order valence-corrected chi connectivity index (χ4v) is 2.87. The first kappa shape index (κ1) is 15.7. The lowest BCUT2D eigenvalue weighted by Gasteiger charge is -2.15. The Labute approximate surface area is 128 Å². The van der Waals surface area contributed by atoms with Crippen molar-refractivity contribution in [3.05, 3.63) is 57.5 Å². The van der Waals surface area contributed by atoms with E-state index in [0.29, 0.717) is 6.42 Å². The van der Waals surface area contributed by atoms with Crippen molar-refractivity contribution >= 4 is 11.3 Å². The summed E-state index contributed by atoms with van der Waals surface area (Å²) in [4.78, 5) is 3.43. The van der Waals surface area contributed by atoms with Crippen molar-refractivity contribution in [1.82, 2.24) is 4.90 Å². The van der Waals surface area contributed by atoms with Crippen LogP contribution in [-0.2, 0) is 13.1 Å². The van der Waals surface area contributed by atoms with Crippen LogP contribution >= 0.6 is 11.3 Å². The van der Waals surface area contributed by atoms with E-state index >= 15 is 0 Å². The molecule has 0 bridgehead atoms. The average molecular weight is 303 g/mol. The molecule has 21 heavy (non-hydrogen) atoms. The second-order valence-corrected chi connectivity index (χ2v) is 5.87. The van der Waals surface area contributed by atoms with Crippen LogP contribution < -0.4 is 0 Å². The molecular formula is C17H18FNOS. The van der Waals surface area contributed by atoms with Crippen molar-refractivity contribution in [2.45, 2.75) is 19.5 Å². The summed E-state index contributed by atoms with van der Waals surface area (Å²) >= 11 is 1.68. The standard InChI is InChI=1S/C17H18FNOS/c1-19(11-14-5-7-16(18)8-6-14)12-17-10-15(13-21-17)4-2-3-9-20/h5-8,10,13,20H,3,9,11-12H2,1H3. The number of benzene rings is 1. The van der Waals surface area contributed by atoms with Gasteiger partial charge in [-0.1, -0.05) is 24.0 Å². The molecule has 0 aliphatic heterocycles. The normalized spacial score (nSPS) is 10.5. The zero-order chi connectivity index (χ0) is 15.1. The van der Waals surface area contributed by atoms with Crippen LogP contribution in [0, 0.1) is 17.7 Å². The highest BCUT2D eigenvalue weighted by atomic mass is 32.1. The third-order valence-electron chi connectivity index (χ3n) is 2.91. The van der Waals surface area contributed by atoms with E-state index in [1.54, 1.807) is 11.3 Å². The Bertz CT molecular complexity index is 624. The summed E-state index contributed by atoms with van der Waals surface area (Å²) in [6, 6.07) is 8.68. The molecule has 2 rings (SSSR count). The summed E-state index contributed by atoms with van der Waals surface area (Å²) in [5.74, 6) is 5.75. The lowest BCUT2D eigenvalue weighted by Crippen LogP contribution is -2.16. The zero-order valence-corrected chi connectivity index (χ0v) is 12.8. The number of hydrogen-bond acceptors (Lipinski definition) is 3. The van der Waals surface area contributed by atoms with Crippen molar-refractivity contribution < 1.29 is 9.50 Å². The summed E-state index contributed by atoms with van der Waals surface area (Å²) in [6.07, 6.45) is 0.510. The molecule has 0 amide bonds.